The number of hydrogen-bond acceptors (Lipinski definition) is 2. The molecule has 16 heavy (non-hydrogen) atoms. The molecule has 86 valence electrons. The molecule has 1 saturated carbocycles. The van der Waals surface area contributed by atoms with Crippen molar-refractivity contribution in [2.75, 3.05) is 13.1 Å². The van der Waals surface area contributed by atoms with Crippen LogP contribution in [0.5, 0.6) is 0 Å². The second kappa shape index (κ2) is 4.19. The van der Waals surface area contributed by atoms with Gasteiger partial charge < -0.3 is 10.4 Å². The third-order valence-electron chi connectivity index (χ3n) is 4.00. The summed E-state index contributed by atoms with van der Waals surface area (Å²) in [6.45, 7) is 2.18. The van der Waals surface area contributed by atoms with E-state index >= 15 is 0 Å². The monoisotopic (exact) mass is 217 g/mol. The van der Waals surface area contributed by atoms with Crippen LogP contribution in [0.25, 0.3) is 0 Å². The van der Waals surface area contributed by atoms with Crippen LogP contribution in [0.15, 0.2) is 24.3 Å². The molecule has 0 aliphatic heterocycles. The lowest BCUT2D eigenvalue weighted by Gasteiger charge is -2.34. The Hall–Kier alpha value is -0.860. The maximum atomic E-state index is 9.19. The Balaban J connectivity index is 1.41. The Morgan fingerprint density at radius 3 is 2.75 bits per heavy atom. The molecule has 0 bridgehead atoms. The first-order valence-electron chi connectivity index (χ1n) is 6.29. The molecule has 1 fully saturated rings. The van der Waals surface area contributed by atoms with Gasteiger partial charge in [-0.05, 0) is 42.9 Å². The highest BCUT2D eigenvalue weighted by Crippen LogP contribution is 2.34. The predicted octanol–water partition coefficient (Wildman–Crippen LogP) is 1.69. The van der Waals surface area contributed by atoms with E-state index in [4.69, 9.17) is 0 Å². The Kier molecular flexibility index (Phi) is 2.70. The van der Waals surface area contributed by atoms with Crippen LogP contribution in [0.1, 0.15) is 29.9 Å². The summed E-state index contributed by atoms with van der Waals surface area (Å²) in [6, 6.07) is 8.73. The van der Waals surface area contributed by atoms with Gasteiger partial charge in [-0.2, -0.15) is 0 Å². The van der Waals surface area contributed by atoms with E-state index in [1.807, 2.05) is 0 Å². The van der Waals surface area contributed by atoms with E-state index in [0.717, 1.165) is 31.8 Å². The minimum atomic E-state index is -0.0174. The summed E-state index contributed by atoms with van der Waals surface area (Å²) >= 11 is 0. The van der Waals surface area contributed by atoms with Gasteiger partial charge in [0.1, 0.15) is 0 Å². The van der Waals surface area contributed by atoms with Crippen LogP contribution in [-0.4, -0.2) is 24.3 Å². The SMILES string of the molecule is OC1CC(CNCC2Cc3ccccc32)C1. The minimum Gasteiger partial charge on any atom is -0.393 e. The third-order valence-corrected chi connectivity index (χ3v) is 4.00. The Morgan fingerprint density at radius 2 is 2.00 bits per heavy atom. The molecule has 0 spiro atoms. The van der Waals surface area contributed by atoms with Crippen LogP contribution in [0, 0.1) is 5.92 Å². The Morgan fingerprint density at radius 1 is 1.19 bits per heavy atom. The fourth-order valence-corrected chi connectivity index (χ4v) is 2.87. The average molecular weight is 217 g/mol. The van der Waals surface area contributed by atoms with Crippen molar-refractivity contribution in [3.63, 3.8) is 0 Å². The molecule has 1 unspecified atom stereocenters. The van der Waals surface area contributed by atoms with Crippen molar-refractivity contribution in [1.29, 1.82) is 0 Å². The quantitative estimate of drug-likeness (QED) is 0.804. The topological polar surface area (TPSA) is 32.3 Å². The summed E-state index contributed by atoms with van der Waals surface area (Å²) in [5.74, 6) is 1.44. The zero-order chi connectivity index (χ0) is 11.0. The van der Waals surface area contributed by atoms with E-state index in [1.165, 1.54) is 17.5 Å². The molecule has 0 radical (unpaired) electrons. The highest BCUT2D eigenvalue weighted by Gasteiger charge is 2.28. The summed E-state index contributed by atoms with van der Waals surface area (Å²) in [6.07, 6.45) is 3.20. The first-order valence-corrected chi connectivity index (χ1v) is 6.29. The van der Waals surface area contributed by atoms with Gasteiger partial charge in [0.25, 0.3) is 0 Å². The highest BCUT2D eigenvalue weighted by atomic mass is 16.3. The van der Waals surface area contributed by atoms with Gasteiger partial charge in [-0.15, -0.1) is 0 Å². The van der Waals surface area contributed by atoms with E-state index < -0.39 is 0 Å². The third kappa shape index (κ3) is 1.87. The molecular formula is C14H19NO. The van der Waals surface area contributed by atoms with Crippen LogP contribution in [0.2, 0.25) is 0 Å². The number of aliphatic hydroxyl groups is 1. The molecule has 1 atom stereocenters. The standard InChI is InChI=1S/C14H19NO/c16-13-5-10(6-13)8-15-9-12-7-11-3-1-2-4-14(11)12/h1-4,10,12-13,15-16H,5-9H2. The number of benzene rings is 1. The predicted molar refractivity (Wildman–Crippen MR) is 64.5 cm³/mol. The largest absolute Gasteiger partial charge is 0.393 e. The fraction of sp³-hybridized carbons (Fsp3) is 0.571. The van der Waals surface area contributed by atoms with Crippen molar-refractivity contribution in [2.45, 2.75) is 31.3 Å². The lowest BCUT2D eigenvalue weighted by Crippen LogP contribution is -2.38. The number of nitrogens with one attached hydrogen (secondary N) is 1. The summed E-state index contributed by atoms with van der Waals surface area (Å²) in [7, 11) is 0. The lowest BCUT2D eigenvalue weighted by molar-refractivity contribution is 0.0429. The molecular weight excluding hydrogens is 198 g/mol. The molecule has 0 saturated heterocycles. The van der Waals surface area contributed by atoms with E-state index in [9.17, 15) is 5.11 Å². The first-order chi connectivity index (χ1) is 7.83. The van der Waals surface area contributed by atoms with E-state index in [-0.39, 0.29) is 6.10 Å². The summed E-state index contributed by atoms with van der Waals surface area (Å²) in [5, 5.41) is 12.7. The maximum Gasteiger partial charge on any atom is 0.0546 e. The van der Waals surface area contributed by atoms with E-state index in [2.05, 4.69) is 29.6 Å². The van der Waals surface area contributed by atoms with Crippen LogP contribution >= 0.6 is 0 Å². The van der Waals surface area contributed by atoms with Crippen LogP contribution < -0.4 is 5.32 Å². The van der Waals surface area contributed by atoms with Gasteiger partial charge in [-0.3, -0.25) is 0 Å². The van der Waals surface area contributed by atoms with Gasteiger partial charge in [0, 0.05) is 12.5 Å². The number of hydrogen-bond donors (Lipinski definition) is 2. The molecule has 2 aliphatic rings. The molecule has 0 heterocycles. The van der Waals surface area contributed by atoms with Gasteiger partial charge in [0.05, 0.1) is 6.10 Å². The number of aliphatic hydroxyl groups excluding tert-OH is 1. The molecule has 2 aliphatic carbocycles. The molecule has 1 aromatic carbocycles. The smallest absolute Gasteiger partial charge is 0.0546 e. The molecule has 2 N–H and O–H groups in total. The molecule has 0 aromatic heterocycles. The second-order valence-corrected chi connectivity index (χ2v) is 5.25. The number of rotatable bonds is 4. The lowest BCUT2D eigenvalue weighted by atomic mass is 9.77. The van der Waals surface area contributed by atoms with Gasteiger partial charge >= 0.3 is 0 Å². The second-order valence-electron chi connectivity index (χ2n) is 5.25. The first kappa shape index (κ1) is 10.3. The molecule has 1 aromatic rings. The van der Waals surface area contributed by atoms with Crippen molar-refractivity contribution in [2.24, 2.45) is 5.92 Å². The Bertz CT molecular complexity index is 371. The molecule has 0 amide bonds. The molecule has 3 rings (SSSR count). The van der Waals surface area contributed by atoms with Gasteiger partial charge in [0.15, 0.2) is 0 Å². The zero-order valence-corrected chi connectivity index (χ0v) is 9.52. The fourth-order valence-electron chi connectivity index (χ4n) is 2.87. The summed E-state index contributed by atoms with van der Waals surface area (Å²) < 4.78 is 0. The van der Waals surface area contributed by atoms with Crippen molar-refractivity contribution >= 4 is 0 Å². The van der Waals surface area contributed by atoms with Crippen molar-refractivity contribution in [3.05, 3.63) is 35.4 Å². The van der Waals surface area contributed by atoms with Crippen LogP contribution in [0.4, 0.5) is 0 Å². The zero-order valence-electron chi connectivity index (χ0n) is 9.52. The molecule has 2 nitrogen and oxygen atoms in total. The van der Waals surface area contributed by atoms with Crippen molar-refractivity contribution < 1.29 is 5.11 Å². The normalized spacial score (nSPS) is 31.4. The van der Waals surface area contributed by atoms with Gasteiger partial charge in [0.2, 0.25) is 0 Å². The van der Waals surface area contributed by atoms with Gasteiger partial charge in [-0.1, -0.05) is 24.3 Å². The van der Waals surface area contributed by atoms with Crippen LogP contribution in [-0.2, 0) is 6.42 Å². The summed E-state index contributed by atoms with van der Waals surface area (Å²) in [4.78, 5) is 0. The Labute approximate surface area is 96.7 Å². The molecule has 2 heteroatoms. The highest BCUT2D eigenvalue weighted by molar-refractivity contribution is 5.40. The summed E-state index contributed by atoms with van der Waals surface area (Å²) in [5.41, 5.74) is 3.05. The van der Waals surface area contributed by atoms with Crippen molar-refractivity contribution in [3.8, 4) is 0 Å². The van der Waals surface area contributed by atoms with Crippen LogP contribution in [0.3, 0.4) is 0 Å². The number of fused-ring (bicyclic) bond motifs is 1. The maximum absolute atomic E-state index is 9.19. The van der Waals surface area contributed by atoms with E-state index in [1.54, 1.807) is 0 Å². The average Bonchev–Trinajstić information content (AvgIpc) is 2.22. The van der Waals surface area contributed by atoms with Gasteiger partial charge in [-0.25, -0.2) is 0 Å². The minimum absolute atomic E-state index is 0.0174. The van der Waals surface area contributed by atoms with Crippen molar-refractivity contribution in [1.82, 2.24) is 5.32 Å². The van der Waals surface area contributed by atoms with E-state index in [0.29, 0.717) is 5.92 Å².